The first-order valence-corrected chi connectivity index (χ1v) is 12.9. The summed E-state index contributed by atoms with van der Waals surface area (Å²) in [5.74, 6) is -0.932. The number of carbonyl (C=O) groups excluding carboxylic acids is 2. The molecular formula is C23H28ClN3O5S. The van der Waals surface area contributed by atoms with E-state index in [0.717, 1.165) is 23.4 Å². The first-order chi connectivity index (χ1) is 15.6. The van der Waals surface area contributed by atoms with Crippen molar-refractivity contribution in [2.75, 3.05) is 29.0 Å². The molecule has 0 aliphatic carbocycles. The van der Waals surface area contributed by atoms with Crippen molar-refractivity contribution < 1.29 is 22.7 Å². The van der Waals surface area contributed by atoms with Crippen LogP contribution in [-0.4, -0.2) is 51.8 Å². The second-order valence-corrected chi connectivity index (χ2v) is 10.3. The summed E-state index contributed by atoms with van der Waals surface area (Å²) >= 11 is 6.08. The highest BCUT2D eigenvalue weighted by Gasteiger charge is 2.31. The number of rotatable bonds is 8. The van der Waals surface area contributed by atoms with Crippen molar-refractivity contribution in [3.63, 3.8) is 0 Å². The molecule has 178 valence electrons. The van der Waals surface area contributed by atoms with Gasteiger partial charge in [0.15, 0.2) is 0 Å². The van der Waals surface area contributed by atoms with Crippen LogP contribution < -0.4 is 14.9 Å². The van der Waals surface area contributed by atoms with E-state index in [1.807, 2.05) is 0 Å². The topological polar surface area (TPSA) is 105 Å². The first-order valence-electron chi connectivity index (χ1n) is 10.6. The number of aryl methyl sites for hydroxylation is 1. The van der Waals surface area contributed by atoms with Crippen LogP contribution in [0.3, 0.4) is 0 Å². The van der Waals surface area contributed by atoms with Gasteiger partial charge in [-0.15, -0.1) is 0 Å². The van der Waals surface area contributed by atoms with Crippen LogP contribution >= 0.6 is 11.6 Å². The molecule has 0 radical (unpaired) electrons. The maximum absolute atomic E-state index is 13.1. The summed E-state index contributed by atoms with van der Waals surface area (Å²) in [4.78, 5) is 25.8. The van der Waals surface area contributed by atoms with Gasteiger partial charge < -0.3 is 15.4 Å². The fourth-order valence-electron chi connectivity index (χ4n) is 3.74. The summed E-state index contributed by atoms with van der Waals surface area (Å²) in [5.41, 5.74) is 1.53. The molecule has 2 aromatic rings. The van der Waals surface area contributed by atoms with Crippen molar-refractivity contribution in [1.82, 2.24) is 5.32 Å². The van der Waals surface area contributed by atoms with E-state index in [0.29, 0.717) is 29.4 Å². The fraction of sp³-hybridized carbons (Fsp3) is 0.391. The molecule has 1 aliphatic rings. The number of halogens is 1. The Bertz CT molecular complexity index is 1130. The van der Waals surface area contributed by atoms with Gasteiger partial charge in [-0.25, -0.2) is 8.42 Å². The van der Waals surface area contributed by atoms with Crippen LogP contribution in [0.4, 0.5) is 11.4 Å². The van der Waals surface area contributed by atoms with Gasteiger partial charge in [-0.2, -0.15) is 0 Å². The number of hydrogen-bond acceptors (Lipinski definition) is 5. The average Bonchev–Trinajstić information content (AvgIpc) is 3.27. The second-order valence-electron chi connectivity index (χ2n) is 8.05. The summed E-state index contributed by atoms with van der Waals surface area (Å²) in [7, 11) is -3.82. The fourth-order valence-corrected chi connectivity index (χ4v) is 5.13. The van der Waals surface area contributed by atoms with Gasteiger partial charge in [0, 0.05) is 18.2 Å². The van der Waals surface area contributed by atoms with Crippen LogP contribution in [0, 0.1) is 6.92 Å². The van der Waals surface area contributed by atoms with Gasteiger partial charge in [-0.3, -0.25) is 13.9 Å². The normalized spacial score (nSPS) is 16.8. The Morgan fingerprint density at radius 3 is 2.64 bits per heavy atom. The average molecular weight is 494 g/mol. The third kappa shape index (κ3) is 6.25. The number of benzene rings is 2. The van der Waals surface area contributed by atoms with Gasteiger partial charge >= 0.3 is 0 Å². The number of carbonyl (C=O) groups is 2. The van der Waals surface area contributed by atoms with Crippen LogP contribution in [0.15, 0.2) is 42.5 Å². The van der Waals surface area contributed by atoms with E-state index in [1.165, 1.54) is 13.0 Å². The third-order valence-electron chi connectivity index (χ3n) is 5.44. The number of nitrogens with one attached hydrogen (secondary N) is 2. The molecule has 1 saturated heterocycles. The lowest BCUT2D eigenvalue weighted by Gasteiger charge is -2.29. The van der Waals surface area contributed by atoms with Gasteiger partial charge in [0.25, 0.3) is 5.91 Å². The Labute approximate surface area is 199 Å². The summed E-state index contributed by atoms with van der Waals surface area (Å²) < 4.78 is 31.8. The summed E-state index contributed by atoms with van der Waals surface area (Å²) in [6, 6.07) is 10.3. The molecule has 1 fully saturated rings. The Morgan fingerprint density at radius 1 is 1.24 bits per heavy atom. The molecule has 0 spiro atoms. The van der Waals surface area contributed by atoms with Crippen molar-refractivity contribution in [3.8, 4) is 0 Å². The van der Waals surface area contributed by atoms with E-state index in [9.17, 15) is 18.0 Å². The summed E-state index contributed by atoms with van der Waals surface area (Å²) in [6.45, 7) is 4.29. The molecule has 1 heterocycles. The highest BCUT2D eigenvalue weighted by Crippen LogP contribution is 2.29. The standard InChI is InChI=1S/C23H28ClN3O5S/c1-15-10-11-17(24)13-21(15)27(33(3,30)31)16(2)22(28)26-20-9-5-4-8-19(20)23(29)25-14-18-7-6-12-32-18/h4-5,8-11,13,16,18H,6-7,12,14H2,1-3H3,(H,25,29)(H,26,28)/t16-,18+/m0/s1. The SMILES string of the molecule is Cc1ccc(Cl)cc1N([C@@H](C)C(=O)Nc1ccccc1C(=O)NC[C@H]1CCCO1)S(C)(=O)=O. The number of anilines is 2. The van der Waals surface area contributed by atoms with Crippen molar-refractivity contribution >= 4 is 44.8 Å². The zero-order valence-corrected chi connectivity index (χ0v) is 20.4. The molecule has 2 atom stereocenters. The quantitative estimate of drug-likeness (QED) is 0.586. The van der Waals surface area contributed by atoms with E-state index < -0.39 is 22.0 Å². The number of para-hydroxylation sites is 1. The molecule has 1 aliphatic heterocycles. The van der Waals surface area contributed by atoms with Crippen LogP contribution in [0.1, 0.15) is 35.7 Å². The summed E-state index contributed by atoms with van der Waals surface area (Å²) in [6.07, 6.45) is 2.87. The number of ether oxygens (including phenoxy) is 1. The van der Waals surface area contributed by atoms with Gasteiger partial charge in [-0.1, -0.05) is 29.8 Å². The maximum Gasteiger partial charge on any atom is 0.253 e. The Hall–Kier alpha value is -2.62. The van der Waals surface area contributed by atoms with E-state index in [4.69, 9.17) is 16.3 Å². The third-order valence-corrected chi connectivity index (χ3v) is 6.90. The predicted molar refractivity (Wildman–Crippen MR) is 129 cm³/mol. The lowest BCUT2D eigenvalue weighted by atomic mass is 10.1. The lowest BCUT2D eigenvalue weighted by molar-refractivity contribution is -0.116. The molecule has 10 heteroatoms. The second kappa shape index (κ2) is 10.5. The molecule has 2 aromatic carbocycles. The molecule has 3 rings (SSSR count). The minimum atomic E-state index is -3.82. The molecule has 0 saturated carbocycles. The molecule has 2 N–H and O–H groups in total. The van der Waals surface area contributed by atoms with Crippen molar-refractivity contribution in [3.05, 3.63) is 58.6 Å². The number of sulfonamides is 1. The first kappa shape index (κ1) is 25.0. The van der Waals surface area contributed by atoms with Crippen LogP contribution in [0.2, 0.25) is 5.02 Å². The molecule has 33 heavy (non-hydrogen) atoms. The smallest absolute Gasteiger partial charge is 0.253 e. The minimum absolute atomic E-state index is 0.0139. The number of hydrogen-bond donors (Lipinski definition) is 2. The Kier molecular flexibility index (Phi) is 7.99. The van der Waals surface area contributed by atoms with Crippen molar-refractivity contribution in [2.24, 2.45) is 0 Å². The van der Waals surface area contributed by atoms with Crippen LogP contribution in [0.25, 0.3) is 0 Å². The number of amides is 2. The van der Waals surface area contributed by atoms with E-state index in [2.05, 4.69) is 10.6 Å². The Balaban J connectivity index is 1.81. The number of nitrogens with zero attached hydrogens (tertiary/aromatic N) is 1. The lowest BCUT2D eigenvalue weighted by Crippen LogP contribution is -2.46. The largest absolute Gasteiger partial charge is 0.376 e. The minimum Gasteiger partial charge on any atom is -0.376 e. The van der Waals surface area contributed by atoms with E-state index in [-0.39, 0.29) is 23.3 Å². The molecule has 2 amide bonds. The zero-order chi connectivity index (χ0) is 24.2. The summed E-state index contributed by atoms with van der Waals surface area (Å²) in [5, 5.41) is 5.89. The monoisotopic (exact) mass is 493 g/mol. The van der Waals surface area contributed by atoms with E-state index >= 15 is 0 Å². The van der Waals surface area contributed by atoms with E-state index in [1.54, 1.807) is 43.3 Å². The zero-order valence-electron chi connectivity index (χ0n) is 18.8. The predicted octanol–water partition coefficient (Wildman–Crippen LogP) is 3.35. The molecule has 0 aromatic heterocycles. The van der Waals surface area contributed by atoms with Gasteiger partial charge in [0.2, 0.25) is 15.9 Å². The highest BCUT2D eigenvalue weighted by atomic mass is 35.5. The molecule has 0 unspecified atom stereocenters. The van der Waals surface area contributed by atoms with Crippen LogP contribution in [0.5, 0.6) is 0 Å². The molecule has 0 bridgehead atoms. The Morgan fingerprint density at radius 2 is 1.97 bits per heavy atom. The van der Waals surface area contributed by atoms with Gasteiger partial charge in [0.05, 0.1) is 29.3 Å². The molecular weight excluding hydrogens is 466 g/mol. The van der Waals surface area contributed by atoms with Crippen molar-refractivity contribution in [2.45, 2.75) is 38.8 Å². The maximum atomic E-state index is 13.1. The van der Waals surface area contributed by atoms with Gasteiger partial charge in [0.1, 0.15) is 6.04 Å². The van der Waals surface area contributed by atoms with Gasteiger partial charge in [-0.05, 0) is 56.5 Å². The van der Waals surface area contributed by atoms with Crippen molar-refractivity contribution in [1.29, 1.82) is 0 Å². The molecule has 8 nitrogen and oxygen atoms in total. The highest BCUT2D eigenvalue weighted by molar-refractivity contribution is 7.92. The van der Waals surface area contributed by atoms with Crippen LogP contribution in [-0.2, 0) is 19.6 Å².